The first-order valence-corrected chi connectivity index (χ1v) is 6.84. The topological polar surface area (TPSA) is 63.4 Å². The summed E-state index contributed by atoms with van der Waals surface area (Å²) in [7, 11) is 0. The number of hydrogen-bond donors (Lipinski definition) is 0. The van der Waals surface area contributed by atoms with Crippen LogP contribution in [0.4, 0.5) is 11.4 Å². The second-order valence-corrected chi connectivity index (χ2v) is 6.20. The number of piperidine rings is 1. The highest BCUT2D eigenvalue weighted by molar-refractivity contribution is 6.00. The van der Waals surface area contributed by atoms with Crippen LogP contribution in [0.5, 0.6) is 0 Å². The molecule has 1 heterocycles. The van der Waals surface area contributed by atoms with Gasteiger partial charge in [-0.2, -0.15) is 0 Å². The maximum absolute atomic E-state index is 11.8. The van der Waals surface area contributed by atoms with Gasteiger partial charge in [-0.05, 0) is 31.2 Å². The third-order valence-electron chi connectivity index (χ3n) is 3.81. The van der Waals surface area contributed by atoms with Crippen molar-refractivity contribution in [1.82, 2.24) is 0 Å². The first kappa shape index (κ1) is 14.5. The van der Waals surface area contributed by atoms with Crippen LogP contribution in [-0.4, -0.2) is 23.8 Å². The van der Waals surface area contributed by atoms with E-state index >= 15 is 0 Å². The van der Waals surface area contributed by atoms with Gasteiger partial charge in [0.2, 0.25) is 0 Å². The van der Waals surface area contributed by atoms with Crippen molar-refractivity contribution in [2.24, 2.45) is 5.41 Å². The minimum Gasteiger partial charge on any atom is -0.370 e. The molecule has 5 heteroatoms. The molecule has 1 saturated heterocycles. The van der Waals surface area contributed by atoms with Gasteiger partial charge in [0.25, 0.3) is 5.69 Å². The summed E-state index contributed by atoms with van der Waals surface area (Å²) in [6, 6.07) is 4.57. The number of nitro benzene ring substituents is 1. The lowest BCUT2D eigenvalue weighted by atomic mass is 9.83. The zero-order chi connectivity index (χ0) is 14.9. The van der Waals surface area contributed by atoms with Gasteiger partial charge >= 0.3 is 0 Å². The van der Waals surface area contributed by atoms with E-state index in [2.05, 4.69) is 18.7 Å². The smallest absolute Gasteiger partial charge is 0.270 e. The quantitative estimate of drug-likeness (QED) is 0.482. The van der Waals surface area contributed by atoms with Crippen molar-refractivity contribution >= 4 is 17.2 Å². The van der Waals surface area contributed by atoms with Crippen LogP contribution in [0.25, 0.3) is 0 Å². The molecule has 5 nitrogen and oxygen atoms in total. The van der Waals surface area contributed by atoms with Crippen molar-refractivity contribution < 1.29 is 9.72 Å². The van der Waals surface area contributed by atoms with Crippen molar-refractivity contribution in [2.45, 2.75) is 33.6 Å². The van der Waals surface area contributed by atoms with Crippen LogP contribution >= 0.6 is 0 Å². The molecule has 1 aliphatic rings. The van der Waals surface area contributed by atoms with Crippen molar-refractivity contribution in [2.75, 3.05) is 18.0 Å². The summed E-state index contributed by atoms with van der Waals surface area (Å²) < 4.78 is 0. The Balaban J connectivity index is 2.40. The van der Waals surface area contributed by atoms with E-state index in [1.807, 2.05) is 0 Å². The number of benzene rings is 1. The Kier molecular flexibility index (Phi) is 3.79. The molecule has 108 valence electrons. The van der Waals surface area contributed by atoms with Gasteiger partial charge < -0.3 is 4.90 Å². The number of Topliss-reactive ketones (excluding diaryl/α,β-unsaturated/α-hetero) is 1. The van der Waals surface area contributed by atoms with Crippen LogP contribution in [0.2, 0.25) is 0 Å². The van der Waals surface area contributed by atoms with Crippen LogP contribution in [0.1, 0.15) is 44.0 Å². The molecule has 1 aromatic rings. The van der Waals surface area contributed by atoms with Crippen molar-refractivity contribution in [3.05, 3.63) is 33.9 Å². The summed E-state index contributed by atoms with van der Waals surface area (Å²) in [5.74, 6) is -0.132. The fraction of sp³-hybridized carbons (Fsp3) is 0.533. The molecule has 1 aromatic carbocycles. The molecule has 0 unspecified atom stereocenters. The Morgan fingerprint density at radius 3 is 2.65 bits per heavy atom. The van der Waals surface area contributed by atoms with E-state index in [4.69, 9.17) is 0 Å². The van der Waals surface area contributed by atoms with Gasteiger partial charge in [0.15, 0.2) is 5.78 Å². The second-order valence-electron chi connectivity index (χ2n) is 6.20. The summed E-state index contributed by atoms with van der Waals surface area (Å²) in [6.07, 6.45) is 2.23. The number of nitro groups is 1. The van der Waals surface area contributed by atoms with E-state index in [-0.39, 0.29) is 16.9 Å². The molecule has 0 spiro atoms. The number of ketones is 1. The van der Waals surface area contributed by atoms with E-state index in [1.165, 1.54) is 19.1 Å². The maximum atomic E-state index is 11.8. The number of hydrogen-bond acceptors (Lipinski definition) is 4. The molecule has 0 N–H and O–H groups in total. The summed E-state index contributed by atoms with van der Waals surface area (Å²) in [4.78, 5) is 24.4. The van der Waals surface area contributed by atoms with Gasteiger partial charge in [-0.15, -0.1) is 0 Å². The highest BCUT2D eigenvalue weighted by Gasteiger charge is 2.28. The molecular weight excluding hydrogens is 256 g/mol. The number of non-ortho nitro benzene ring substituents is 1. The Bertz CT molecular complexity index is 552. The lowest BCUT2D eigenvalue weighted by molar-refractivity contribution is -0.384. The molecule has 0 amide bonds. The van der Waals surface area contributed by atoms with Crippen LogP contribution < -0.4 is 4.90 Å². The molecular formula is C15H20N2O3. The number of carbonyl (C=O) groups excluding carboxylic acids is 1. The first-order valence-electron chi connectivity index (χ1n) is 6.84. The predicted octanol–water partition coefficient (Wildman–Crippen LogP) is 3.42. The summed E-state index contributed by atoms with van der Waals surface area (Å²) in [5, 5.41) is 10.8. The second kappa shape index (κ2) is 5.23. The Morgan fingerprint density at radius 1 is 1.40 bits per heavy atom. The lowest BCUT2D eigenvalue weighted by Crippen LogP contribution is -2.40. The van der Waals surface area contributed by atoms with Crippen LogP contribution in [0.3, 0.4) is 0 Å². The van der Waals surface area contributed by atoms with Gasteiger partial charge in [-0.3, -0.25) is 14.9 Å². The number of anilines is 1. The third-order valence-corrected chi connectivity index (χ3v) is 3.81. The normalized spacial score (nSPS) is 17.9. The number of rotatable bonds is 3. The summed E-state index contributed by atoms with van der Waals surface area (Å²) in [5.41, 5.74) is 1.43. The Morgan fingerprint density at radius 2 is 2.10 bits per heavy atom. The molecule has 0 saturated carbocycles. The molecule has 0 atom stereocenters. The predicted molar refractivity (Wildman–Crippen MR) is 78.3 cm³/mol. The molecule has 1 aliphatic heterocycles. The molecule has 1 fully saturated rings. The fourth-order valence-electron chi connectivity index (χ4n) is 2.82. The highest BCUT2D eigenvalue weighted by atomic mass is 16.6. The number of nitrogens with zero attached hydrogens (tertiary/aromatic N) is 2. The average Bonchev–Trinajstić information content (AvgIpc) is 2.36. The molecule has 2 rings (SSSR count). The maximum Gasteiger partial charge on any atom is 0.270 e. The monoisotopic (exact) mass is 276 g/mol. The zero-order valence-corrected chi connectivity index (χ0v) is 12.2. The number of carbonyl (C=O) groups is 1. The molecule has 20 heavy (non-hydrogen) atoms. The first-order chi connectivity index (χ1) is 9.30. The Hall–Kier alpha value is -1.91. The largest absolute Gasteiger partial charge is 0.370 e. The lowest BCUT2D eigenvalue weighted by Gasteiger charge is -2.40. The van der Waals surface area contributed by atoms with Gasteiger partial charge in [0, 0.05) is 36.5 Å². The highest BCUT2D eigenvalue weighted by Crippen LogP contribution is 2.34. The van der Waals surface area contributed by atoms with Crippen molar-refractivity contribution in [3.8, 4) is 0 Å². The van der Waals surface area contributed by atoms with E-state index < -0.39 is 4.92 Å². The molecule has 0 aliphatic carbocycles. The van der Waals surface area contributed by atoms with E-state index in [0.717, 1.165) is 31.6 Å². The fourth-order valence-corrected chi connectivity index (χ4v) is 2.82. The minimum atomic E-state index is -0.462. The van der Waals surface area contributed by atoms with Crippen LogP contribution in [0, 0.1) is 15.5 Å². The van der Waals surface area contributed by atoms with Crippen LogP contribution in [-0.2, 0) is 0 Å². The van der Waals surface area contributed by atoms with Gasteiger partial charge in [-0.25, -0.2) is 0 Å². The Labute approximate surface area is 118 Å². The van der Waals surface area contributed by atoms with E-state index in [1.54, 1.807) is 6.07 Å². The summed E-state index contributed by atoms with van der Waals surface area (Å²) >= 11 is 0. The van der Waals surface area contributed by atoms with Gasteiger partial charge in [0.05, 0.1) is 4.92 Å². The third kappa shape index (κ3) is 2.98. The molecule has 0 bridgehead atoms. The zero-order valence-electron chi connectivity index (χ0n) is 12.2. The van der Waals surface area contributed by atoms with Crippen molar-refractivity contribution in [1.29, 1.82) is 0 Å². The van der Waals surface area contributed by atoms with Gasteiger partial charge in [0.1, 0.15) is 0 Å². The van der Waals surface area contributed by atoms with Crippen LogP contribution in [0.15, 0.2) is 18.2 Å². The average molecular weight is 276 g/mol. The molecule has 0 aromatic heterocycles. The van der Waals surface area contributed by atoms with E-state index in [0.29, 0.717) is 5.56 Å². The van der Waals surface area contributed by atoms with Crippen molar-refractivity contribution in [3.63, 3.8) is 0 Å². The van der Waals surface area contributed by atoms with Gasteiger partial charge in [-0.1, -0.05) is 13.8 Å². The standard InChI is InChI=1S/C15H20N2O3/c1-11(18)13-9-12(17(19)20)5-6-14(13)16-8-4-7-15(2,3)10-16/h5-6,9H,4,7-8,10H2,1-3H3. The molecule has 0 radical (unpaired) electrons. The SMILES string of the molecule is CC(=O)c1cc([N+](=O)[O-])ccc1N1CCCC(C)(C)C1. The summed E-state index contributed by atoms with van der Waals surface area (Å²) in [6.45, 7) is 7.63. The van der Waals surface area contributed by atoms with E-state index in [9.17, 15) is 14.9 Å². The minimum absolute atomic E-state index is 0.0322.